The highest BCUT2D eigenvalue weighted by Crippen LogP contribution is 2.07. The molecular weight excluding hydrogens is 274 g/mol. The molecule has 0 aliphatic carbocycles. The van der Waals surface area contributed by atoms with Gasteiger partial charge in [0.1, 0.15) is 0 Å². The van der Waals surface area contributed by atoms with Gasteiger partial charge in [0.25, 0.3) is 0 Å². The van der Waals surface area contributed by atoms with E-state index in [0.717, 1.165) is 0 Å². The average molecular weight is 295 g/mol. The molecule has 3 amide bonds. The molecule has 8 nitrogen and oxygen atoms in total. The summed E-state index contributed by atoms with van der Waals surface area (Å²) in [5.74, 6) is 1.12. The Bertz CT molecular complexity index is 494. The van der Waals surface area contributed by atoms with Crippen molar-refractivity contribution in [1.82, 2.24) is 25.3 Å². The first-order valence-electron chi connectivity index (χ1n) is 7.20. The van der Waals surface area contributed by atoms with Crippen LogP contribution < -0.4 is 5.32 Å². The molecule has 1 aliphatic rings. The van der Waals surface area contributed by atoms with E-state index in [0.29, 0.717) is 57.3 Å². The highest BCUT2D eigenvalue weighted by molar-refractivity contribution is 5.77. The topological polar surface area (TPSA) is 91.6 Å². The molecule has 0 unspecified atom stereocenters. The number of aryl methyl sites for hydroxylation is 2. The third kappa shape index (κ3) is 4.17. The maximum absolute atomic E-state index is 12.1. The molecule has 1 fully saturated rings. The van der Waals surface area contributed by atoms with Crippen LogP contribution in [-0.2, 0) is 11.2 Å². The fourth-order valence-corrected chi connectivity index (χ4v) is 2.24. The molecule has 21 heavy (non-hydrogen) atoms. The SMILES string of the molecule is CCNC(=O)N1CCN(C(=O)CCc2nc(C)no2)CC1. The number of carbonyl (C=O) groups excluding carboxylic acids is 2. The number of hydrogen-bond donors (Lipinski definition) is 1. The lowest BCUT2D eigenvalue weighted by Gasteiger charge is -2.34. The number of nitrogens with zero attached hydrogens (tertiary/aromatic N) is 4. The molecule has 2 rings (SSSR count). The summed E-state index contributed by atoms with van der Waals surface area (Å²) in [6.45, 7) is 6.51. The van der Waals surface area contributed by atoms with E-state index in [1.54, 1.807) is 16.7 Å². The van der Waals surface area contributed by atoms with E-state index in [-0.39, 0.29) is 11.9 Å². The molecule has 2 heterocycles. The van der Waals surface area contributed by atoms with Gasteiger partial charge in [-0.05, 0) is 13.8 Å². The summed E-state index contributed by atoms with van der Waals surface area (Å²) in [4.78, 5) is 31.4. The van der Waals surface area contributed by atoms with Crippen molar-refractivity contribution in [1.29, 1.82) is 0 Å². The molecule has 0 spiro atoms. The van der Waals surface area contributed by atoms with Gasteiger partial charge < -0.3 is 19.6 Å². The largest absolute Gasteiger partial charge is 0.339 e. The van der Waals surface area contributed by atoms with Crippen LogP contribution in [0.2, 0.25) is 0 Å². The quantitative estimate of drug-likeness (QED) is 0.856. The van der Waals surface area contributed by atoms with Crippen LogP contribution >= 0.6 is 0 Å². The Morgan fingerprint density at radius 3 is 2.48 bits per heavy atom. The van der Waals surface area contributed by atoms with Gasteiger partial charge >= 0.3 is 6.03 Å². The molecule has 1 N–H and O–H groups in total. The van der Waals surface area contributed by atoms with Gasteiger partial charge in [-0.3, -0.25) is 4.79 Å². The van der Waals surface area contributed by atoms with E-state index in [1.807, 2.05) is 6.92 Å². The Hall–Kier alpha value is -2.12. The molecule has 116 valence electrons. The Morgan fingerprint density at radius 1 is 1.24 bits per heavy atom. The first-order valence-corrected chi connectivity index (χ1v) is 7.20. The second-order valence-corrected chi connectivity index (χ2v) is 4.94. The molecule has 1 saturated heterocycles. The summed E-state index contributed by atoms with van der Waals surface area (Å²) < 4.78 is 4.98. The van der Waals surface area contributed by atoms with E-state index in [4.69, 9.17) is 4.52 Å². The number of urea groups is 1. The van der Waals surface area contributed by atoms with Crippen molar-refractivity contribution < 1.29 is 14.1 Å². The Kier molecular flexibility index (Phi) is 5.13. The van der Waals surface area contributed by atoms with E-state index in [2.05, 4.69) is 15.5 Å². The monoisotopic (exact) mass is 295 g/mol. The Morgan fingerprint density at radius 2 is 1.90 bits per heavy atom. The summed E-state index contributed by atoms with van der Waals surface area (Å²) in [7, 11) is 0. The minimum atomic E-state index is -0.0639. The number of aromatic nitrogens is 2. The minimum absolute atomic E-state index is 0.0569. The Labute approximate surface area is 123 Å². The number of piperazine rings is 1. The normalized spacial score (nSPS) is 15.1. The van der Waals surface area contributed by atoms with Crippen molar-refractivity contribution in [2.45, 2.75) is 26.7 Å². The molecule has 1 aromatic heterocycles. The second-order valence-electron chi connectivity index (χ2n) is 4.94. The van der Waals surface area contributed by atoms with Crippen molar-refractivity contribution in [3.05, 3.63) is 11.7 Å². The van der Waals surface area contributed by atoms with Gasteiger partial charge in [0.05, 0.1) is 0 Å². The van der Waals surface area contributed by atoms with Crippen LogP contribution in [0.15, 0.2) is 4.52 Å². The van der Waals surface area contributed by atoms with Gasteiger partial charge in [-0.1, -0.05) is 5.16 Å². The summed E-state index contributed by atoms with van der Waals surface area (Å²) >= 11 is 0. The lowest BCUT2D eigenvalue weighted by molar-refractivity contribution is -0.132. The van der Waals surface area contributed by atoms with Gasteiger partial charge in [0.15, 0.2) is 5.82 Å². The van der Waals surface area contributed by atoms with Crippen molar-refractivity contribution in [2.24, 2.45) is 0 Å². The molecular formula is C13H21N5O3. The standard InChI is InChI=1S/C13H21N5O3/c1-3-14-13(20)18-8-6-17(7-9-18)12(19)5-4-11-15-10(2)16-21-11/h3-9H2,1-2H3,(H,14,20). The molecule has 0 atom stereocenters. The summed E-state index contributed by atoms with van der Waals surface area (Å²) in [5, 5.41) is 6.46. The second kappa shape index (κ2) is 7.05. The average Bonchev–Trinajstić information content (AvgIpc) is 2.91. The lowest BCUT2D eigenvalue weighted by atomic mass is 10.2. The number of hydrogen-bond acceptors (Lipinski definition) is 5. The lowest BCUT2D eigenvalue weighted by Crippen LogP contribution is -2.53. The third-order valence-corrected chi connectivity index (χ3v) is 3.37. The molecule has 1 aliphatic heterocycles. The van der Waals surface area contributed by atoms with E-state index in [1.165, 1.54) is 0 Å². The zero-order valence-corrected chi connectivity index (χ0v) is 12.5. The summed E-state index contributed by atoms with van der Waals surface area (Å²) in [5.41, 5.74) is 0. The molecule has 0 saturated carbocycles. The van der Waals surface area contributed by atoms with E-state index >= 15 is 0 Å². The van der Waals surface area contributed by atoms with Crippen LogP contribution in [-0.4, -0.2) is 64.6 Å². The molecule has 1 aromatic rings. The number of carbonyl (C=O) groups is 2. The minimum Gasteiger partial charge on any atom is -0.339 e. The zero-order chi connectivity index (χ0) is 15.2. The first-order chi connectivity index (χ1) is 10.1. The van der Waals surface area contributed by atoms with Gasteiger partial charge in [-0.15, -0.1) is 0 Å². The highest BCUT2D eigenvalue weighted by Gasteiger charge is 2.23. The fourth-order valence-electron chi connectivity index (χ4n) is 2.24. The van der Waals surface area contributed by atoms with Crippen molar-refractivity contribution >= 4 is 11.9 Å². The van der Waals surface area contributed by atoms with Crippen LogP contribution in [0.4, 0.5) is 4.79 Å². The third-order valence-electron chi connectivity index (χ3n) is 3.37. The van der Waals surface area contributed by atoms with Crippen molar-refractivity contribution in [3.63, 3.8) is 0 Å². The molecule has 0 radical (unpaired) electrons. The first kappa shape index (κ1) is 15.3. The van der Waals surface area contributed by atoms with Gasteiger partial charge in [-0.2, -0.15) is 4.98 Å². The van der Waals surface area contributed by atoms with Gasteiger partial charge in [0.2, 0.25) is 11.8 Å². The smallest absolute Gasteiger partial charge is 0.317 e. The predicted octanol–water partition coefficient (Wildman–Crippen LogP) is 0.184. The number of amides is 3. The molecule has 0 bridgehead atoms. The van der Waals surface area contributed by atoms with E-state index in [9.17, 15) is 9.59 Å². The van der Waals surface area contributed by atoms with Crippen molar-refractivity contribution in [2.75, 3.05) is 32.7 Å². The Balaban J connectivity index is 1.74. The van der Waals surface area contributed by atoms with Crippen LogP contribution in [0.1, 0.15) is 25.1 Å². The maximum atomic E-state index is 12.1. The maximum Gasteiger partial charge on any atom is 0.317 e. The highest BCUT2D eigenvalue weighted by atomic mass is 16.5. The number of nitrogens with one attached hydrogen (secondary N) is 1. The van der Waals surface area contributed by atoms with Crippen LogP contribution in [0, 0.1) is 6.92 Å². The summed E-state index contributed by atoms with van der Waals surface area (Å²) in [6, 6.07) is -0.0639. The van der Waals surface area contributed by atoms with Crippen LogP contribution in [0.5, 0.6) is 0 Å². The molecule has 0 aromatic carbocycles. The summed E-state index contributed by atoms with van der Waals surface area (Å²) in [6.07, 6.45) is 0.805. The van der Waals surface area contributed by atoms with Crippen molar-refractivity contribution in [3.8, 4) is 0 Å². The predicted molar refractivity (Wildman–Crippen MR) is 74.6 cm³/mol. The fraction of sp³-hybridized carbons (Fsp3) is 0.692. The number of rotatable bonds is 4. The van der Waals surface area contributed by atoms with Crippen LogP contribution in [0.25, 0.3) is 0 Å². The zero-order valence-electron chi connectivity index (χ0n) is 12.5. The van der Waals surface area contributed by atoms with E-state index < -0.39 is 0 Å². The van der Waals surface area contributed by atoms with Gasteiger partial charge in [-0.25, -0.2) is 4.79 Å². The molecule has 8 heteroatoms. The van der Waals surface area contributed by atoms with Gasteiger partial charge in [0, 0.05) is 45.6 Å². The van der Waals surface area contributed by atoms with Crippen LogP contribution in [0.3, 0.4) is 0 Å².